The van der Waals surface area contributed by atoms with E-state index in [9.17, 15) is 14.7 Å². The molecule has 0 spiro atoms. The molecule has 0 radical (unpaired) electrons. The quantitative estimate of drug-likeness (QED) is 0.778. The number of benzene rings is 1. The Hall–Kier alpha value is -2.55. The third-order valence-electron chi connectivity index (χ3n) is 5.55. The van der Waals surface area contributed by atoms with Crippen molar-refractivity contribution in [3.05, 3.63) is 24.0 Å². The van der Waals surface area contributed by atoms with Gasteiger partial charge >= 0.3 is 12.2 Å². The summed E-state index contributed by atoms with van der Waals surface area (Å²) in [5, 5.41) is 9.19. The molecule has 0 aliphatic carbocycles. The van der Waals surface area contributed by atoms with Crippen LogP contribution in [0.15, 0.2) is 18.2 Å². The first-order valence-corrected chi connectivity index (χ1v) is 10.7. The predicted octanol–water partition coefficient (Wildman–Crippen LogP) is 3.37. The first kappa shape index (κ1) is 23.1. The monoisotopic (exact) mass is 437 g/mol. The number of hydrogen-bond donors (Lipinski definition) is 1. The van der Waals surface area contributed by atoms with Crippen molar-refractivity contribution < 1.29 is 28.6 Å². The number of anilines is 2. The molecule has 172 valence electrons. The van der Waals surface area contributed by atoms with Crippen LogP contribution in [0.1, 0.15) is 40.0 Å². The summed E-state index contributed by atoms with van der Waals surface area (Å²) in [6.07, 6.45) is 1.06. The molecule has 0 bridgehead atoms. The highest BCUT2D eigenvalue weighted by Crippen LogP contribution is 2.30. The van der Waals surface area contributed by atoms with E-state index >= 15 is 4.39 Å². The molecule has 0 saturated carbocycles. The van der Waals surface area contributed by atoms with Gasteiger partial charge in [0.2, 0.25) is 0 Å². The minimum atomic E-state index is -0.609. The maximum atomic E-state index is 15.0. The molecule has 1 N–H and O–H groups in total. The lowest BCUT2D eigenvalue weighted by atomic mass is 10.1. The number of amides is 2. The maximum absolute atomic E-state index is 15.0. The number of aliphatic hydroxyl groups excluding tert-OH is 1. The molecule has 3 rings (SSSR count). The normalized spacial score (nSPS) is 22.2. The van der Waals surface area contributed by atoms with Crippen molar-refractivity contribution >= 4 is 23.6 Å². The number of carbonyl (C=O) groups is 2. The van der Waals surface area contributed by atoms with Crippen molar-refractivity contribution in [1.29, 1.82) is 0 Å². The van der Waals surface area contributed by atoms with Gasteiger partial charge in [0.25, 0.3) is 0 Å². The van der Waals surface area contributed by atoms with Gasteiger partial charge in [0.15, 0.2) is 0 Å². The molecule has 2 atom stereocenters. The summed E-state index contributed by atoms with van der Waals surface area (Å²) in [6, 6.07) is 4.53. The van der Waals surface area contributed by atoms with Gasteiger partial charge in [-0.25, -0.2) is 14.0 Å². The Morgan fingerprint density at radius 2 is 2.06 bits per heavy atom. The number of nitrogens with zero attached hydrogens (tertiary/aromatic N) is 3. The number of hydrogen-bond acceptors (Lipinski definition) is 6. The summed E-state index contributed by atoms with van der Waals surface area (Å²) in [5.74, 6) is -0.465. The first-order valence-electron chi connectivity index (χ1n) is 10.7. The van der Waals surface area contributed by atoms with Crippen molar-refractivity contribution in [2.45, 2.75) is 57.8 Å². The SMILES string of the molecule is CN(c1ccc(N2CC(CO)OC2=O)cc1F)C1CCCCN(C(=O)OC(C)(C)C)C1. The molecule has 2 unspecified atom stereocenters. The van der Waals surface area contributed by atoms with E-state index in [1.54, 1.807) is 17.0 Å². The second kappa shape index (κ2) is 9.30. The van der Waals surface area contributed by atoms with E-state index in [-0.39, 0.29) is 25.3 Å². The first-order chi connectivity index (χ1) is 14.6. The van der Waals surface area contributed by atoms with Crippen LogP contribution in [-0.4, -0.2) is 73.2 Å². The second-order valence-electron chi connectivity index (χ2n) is 9.12. The summed E-state index contributed by atoms with van der Waals surface area (Å²) < 4.78 is 25.6. The fraction of sp³-hybridized carbons (Fsp3) is 0.636. The molecule has 2 aliphatic heterocycles. The molecule has 9 heteroatoms. The van der Waals surface area contributed by atoms with Crippen molar-refractivity contribution in [3.63, 3.8) is 0 Å². The number of halogens is 1. The zero-order valence-electron chi connectivity index (χ0n) is 18.6. The highest BCUT2D eigenvalue weighted by atomic mass is 19.1. The van der Waals surface area contributed by atoms with E-state index in [1.165, 1.54) is 11.0 Å². The number of aliphatic hydroxyl groups is 1. The average Bonchev–Trinajstić information content (AvgIpc) is 2.91. The van der Waals surface area contributed by atoms with Crippen molar-refractivity contribution in [3.8, 4) is 0 Å². The standard InChI is InChI=1S/C22H32FN3O5/c1-22(2,3)31-20(28)25-10-6-5-7-16(12-25)24(4)19-9-8-15(11-18(19)23)26-13-17(14-27)30-21(26)29/h8-9,11,16-17,27H,5-7,10,12-14H2,1-4H3. The van der Waals surface area contributed by atoms with E-state index in [0.29, 0.717) is 24.5 Å². The average molecular weight is 438 g/mol. The molecule has 8 nitrogen and oxygen atoms in total. The van der Waals surface area contributed by atoms with E-state index < -0.39 is 23.6 Å². The Kier molecular flexibility index (Phi) is 6.93. The predicted molar refractivity (Wildman–Crippen MR) is 115 cm³/mol. The van der Waals surface area contributed by atoms with Crippen molar-refractivity contribution in [1.82, 2.24) is 4.90 Å². The molecule has 2 amide bonds. The summed E-state index contributed by atoms with van der Waals surface area (Å²) in [5.41, 5.74) is 0.205. The van der Waals surface area contributed by atoms with Gasteiger partial charge in [0, 0.05) is 26.2 Å². The minimum absolute atomic E-state index is 0.0640. The fourth-order valence-corrected chi connectivity index (χ4v) is 3.90. The molecule has 2 fully saturated rings. The molecule has 2 aliphatic rings. The zero-order chi connectivity index (χ0) is 22.8. The molecule has 0 aromatic heterocycles. The molecule has 1 aromatic carbocycles. The van der Waals surface area contributed by atoms with Crippen LogP contribution in [0.4, 0.5) is 25.4 Å². The number of cyclic esters (lactones) is 1. The zero-order valence-corrected chi connectivity index (χ0v) is 18.6. The molecular formula is C22H32FN3O5. The number of rotatable bonds is 4. The van der Waals surface area contributed by atoms with Gasteiger partial charge in [0.05, 0.1) is 24.5 Å². The number of ether oxygens (including phenoxy) is 2. The maximum Gasteiger partial charge on any atom is 0.414 e. The van der Waals surface area contributed by atoms with Gasteiger partial charge in [0.1, 0.15) is 17.5 Å². The molecule has 1 aromatic rings. The largest absolute Gasteiger partial charge is 0.444 e. The third-order valence-corrected chi connectivity index (χ3v) is 5.55. The van der Waals surface area contributed by atoms with Crippen LogP contribution in [0.2, 0.25) is 0 Å². The summed E-state index contributed by atoms with van der Waals surface area (Å²) in [4.78, 5) is 29.4. The van der Waals surface area contributed by atoms with Crippen LogP contribution < -0.4 is 9.80 Å². The number of likely N-dealkylation sites (N-methyl/N-ethyl adjacent to an activating group) is 1. The topological polar surface area (TPSA) is 82.5 Å². The summed E-state index contributed by atoms with van der Waals surface area (Å²) in [6.45, 7) is 6.47. The van der Waals surface area contributed by atoms with Gasteiger partial charge in [-0.3, -0.25) is 4.90 Å². The summed E-state index contributed by atoms with van der Waals surface area (Å²) in [7, 11) is 1.81. The van der Waals surface area contributed by atoms with Gasteiger partial charge in [-0.2, -0.15) is 0 Å². The molecule has 2 heterocycles. The highest BCUT2D eigenvalue weighted by molar-refractivity contribution is 5.90. The highest BCUT2D eigenvalue weighted by Gasteiger charge is 2.33. The lowest BCUT2D eigenvalue weighted by Gasteiger charge is -2.33. The van der Waals surface area contributed by atoms with Crippen LogP contribution in [-0.2, 0) is 9.47 Å². The Morgan fingerprint density at radius 1 is 1.32 bits per heavy atom. The van der Waals surface area contributed by atoms with Gasteiger partial charge in [-0.05, 0) is 58.2 Å². The van der Waals surface area contributed by atoms with Crippen LogP contribution >= 0.6 is 0 Å². The van der Waals surface area contributed by atoms with E-state index in [0.717, 1.165) is 19.3 Å². The third kappa shape index (κ3) is 5.58. The van der Waals surface area contributed by atoms with Gasteiger partial charge in [-0.15, -0.1) is 0 Å². The van der Waals surface area contributed by atoms with Crippen LogP contribution in [0.25, 0.3) is 0 Å². The van der Waals surface area contributed by atoms with E-state index in [1.807, 2.05) is 32.7 Å². The smallest absolute Gasteiger partial charge is 0.414 e. The molecular weight excluding hydrogens is 405 g/mol. The van der Waals surface area contributed by atoms with E-state index in [2.05, 4.69) is 0 Å². The number of likely N-dealkylation sites (tertiary alicyclic amines) is 1. The second-order valence-corrected chi connectivity index (χ2v) is 9.12. The van der Waals surface area contributed by atoms with Crippen molar-refractivity contribution in [2.24, 2.45) is 0 Å². The van der Waals surface area contributed by atoms with Gasteiger partial charge in [-0.1, -0.05) is 0 Å². The van der Waals surface area contributed by atoms with Crippen LogP contribution in [0.3, 0.4) is 0 Å². The van der Waals surface area contributed by atoms with Gasteiger partial charge < -0.3 is 24.4 Å². The Bertz CT molecular complexity index is 813. The van der Waals surface area contributed by atoms with Crippen LogP contribution in [0.5, 0.6) is 0 Å². The van der Waals surface area contributed by atoms with E-state index in [4.69, 9.17) is 9.47 Å². The molecule has 31 heavy (non-hydrogen) atoms. The fourth-order valence-electron chi connectivity index (χ4n) is 3.90. The Morgan fingerprint density at radius 3 is 2.68 bits per heavy atom. The molecule has 2 saturated heterocycles. The minimum Gasteiger partial charge on any atom is -0.444 e. The number of carbonyl (C=O) groups excluding carboxylic acids is 2. The lowest BCUT2D eigenvalue weighted by molar-refractivity contribution is 0.0249. The van der Waals surface area contributed by atoms with Crippen LogP contribution in [0, 0.1) is 5.82 Å². The Balaban J connectivity index is 1.73. The Labute approximate surface area is 182 Å². The lowest BCUT2D eigenvalue weighted by Crippen LogP contribution is -2.45. The summed E-state index contributed by atoms with van der Waals surface area (Å²) >= 11 is 0. The van der Waals surface area contributed by atoms with Crippen molar-refractivity contribution in [2.75, 3.05) is 43.1 Å².